The zero-order valence-electron chi connectivity index (χ0n) is 12.5. The minimum atomic E-state index is -0.711. The van der Waals surface area contributed by atoms with Crippen LogP contribution in [0.3, 0.4) is 0 Å². The van der Waals surface area contributed by atoms with Crippen molar-refractivity contribution in [1.82, 2.24) is 10.9 Å². The van der Waals surface area contributed by atoms with E-state index in [4.69, 9.17) is 4.74 Å². The predicted molar refractivity (Wildman–Crippen MR) is 84.2 cm³/mol. The maximum Gasteiger partial charge on any atom is 0.338 e. The molecule has 2 N–H and O–H groups in total. The van der Waals surface area contributed by atoms with Gasteiger partial charge >= 0.3 is 5.97 Å². The van der Waals surface area contributed by atoms with E-state index >= 15 is 0 Å². The normalized spacial score (nSPS) is 9.67. The van der Waals surface area contributed by atoms with Crippen LogP contribution < -0.4 is 10.9 Å². The van der Waals surface area contributed by atoms with Gasteiger partial charge in [0, 0.05) is 11.1 Å². The third-order valence-electron chi connectivity index (χ3n) is 2.97. The van der Waals surface area contributed by atoms with Crippen molar-refractivity contribution < 1.29 is 23.9 Å². The molecule has 0 spiro atoms. The lowest BCUT2D eigenvalue weighted by molar-refractivity contribution is -0.125. The van der Waals surface area contributed by atoms with Crippen LogP contribution in [0.5, 0.6) is 0 Å². The number of amides is 2. The lowest BCUT2D eigenvalue weighted by atomic mass is 10.1. The molecule has 0 atom stereocenters. The summed E-state index contributed by atoms with van der Waals surface area (Å²) in [6.07, 6.45) is 0.651. The standard InChI is InChI=1S/C17H14N2O5/c20-10-12-6-8-14(9-7-12)17(23)24-11-15(21)18-19-16(22)13-4-2-1-3-5-13/h1-10H,11H2,(H,18,21)(H,19,22). The monoisotopic (exact) mass is 326 g/mol. The van der Waals surface area contributed by atoms with Crippen molar-refractivity contribution in [2.24, 2.45) is 0 Å². The first-order valence-electron chi connectivity index (χ1n) is 6.97. The first kappa shape index (κ1) is 16.9. The van der Waals surface area contributed by atoms with E-state index in [1.807, 2.05) is 0 Å². The number of carbonyl (C=O) groups excluding carboxylic acids is 4. The molecule has 0 aliphatic heterocycles. The molecule has 7 nitrogen and oxygen atoms in total. The number of benzene rings is 2. The first-order chi connectivity index (χ1) is 11.6. The van der Waals surface area contributed by atoms with Gasteiger partial charge in [0.25, 0.3) is 11.8 Å². The minimum absolute atomic E-state index is 0.210. The Morgan fingerprint density at radius 2 is 1.54 bits per heavy atom. The fourth-order valence-electron chi connectivity index (χ4n) is 1.74. The highest BCUT2D eigenvalue weighted by Crippen LogP contribution is 2.04. The Bertz CT molecular complexity index is 741. The average molecular weight is 326 g/mol. The van der Waals surface area contributed by atoms with Gasteiger partial charge in [-0.25, -0.2) is 4.79 Å². The summed E-state index contributed by atoms with van der Waals surface area (Å²) in [5, 5.41) is 0. The topological polar surface area (TPSA) is 102 Å². The van der Waals surface area contributed by atoms with Crippen molar-refractivity contribution >= 4 is 24.1 Å². The molecule has 7 heteroatoms. The van der Waals surface area contributed by atoms with Crippen molar-refractivity contribution in [2.45, 2.75) is 0 Å². The summed E-state index contributed by atoms with van der Waals surface area (Å²) in [6.45, 7) is -0.552. The molecular formula is C17H14N2O5. The maximum absolute atomic E-state index is 11.7. The minimum Gasteiger partial charge on any atom is -0.452 e. The van der Waals surface area contributed by atoms with Crippen LogP contribution in [-0.2, 0) is 9.53 Å². The average Bonchev–Trinajstić information content (AvgIpc) is 2.64. The predicted octanol–water partition coefficient (Wildman–Crippen LogP) is 1.12. The second kappa shape index (κ2) is 8.23. The largest absolute Gasteiger partial charge is 0.452 e. The molecule has 2 rings (SSSR count). The second-order valence-corrected chi connectivity index (χ2v) is 4.68. The summed E-state index contributed by atoms with van der Waals surface area (Å²) < 4.78 is 4.81. The molecule has 0 aromatic heterocycles. The van der Waals surface area contributed by atoms with Crippen molar-refractivity contribution in [1.29, 1.82) is 0 Å². The summed E-state index contributed by atoms with van der Waals surface area (Å²) in [6, 6.07) is 14.1. The van der Waals surface area contributed by atoms with Crippen molar-refractivity contribution in [3.8, 4) is 0 Å². The van der Waals surface area contributed by atoms with Gasteiger partial charge in [0.15, 0.2) is 6.61 Å². The molecule has 0 saturated heterocycles. The molecule has 2 aromatic rings. The van der Waals surface area contributed by atoms with Crippen LogP contribution in [-0.4, -0.2) is 30.7 Å². The lowest BCUT2D eigenvalue weighted by Crippen LogP contribution is -2.43. The molecule has 0 fully saturated rings. The molecular weight excluding hydrogens is 312 g/mol. The number of hydrogen-bond donors (Lipinski definition) is 2. The molecule has 0 unspecified atom stereocenters. The maximum atomic E-state index is 11.7. The summed E-state index contributed by atoms with van der Waals surface area (Å²) in [5.74, 6) is -1.88. The molecule has 0 aliphatic rings. The Morgan fingerprint density at radius 1 is 0.875 bits per heavy atom. The van der Waals surface area contributed by atoms with E-state index in [0.29, 0.717) is 17.4 Å². The van der Waals surface area contributed by atoms with Gasteiger partial charge in [-0.05, 0) is 24.3 Å². The van der Waals surface area contributed by atoms with E-state index in [9.17, 15) is 19.2 Å². The van der Waals surface area contributed by atoms with E-state index in [2.05, 4.69) is 10.9 Å². The highest BCUT2D eigenvalue weighted by molar-refractivity contribution is 5.96. The van der Waals surface area contributed by atoms with Crippen LogP contribution in [0.2, 0.25) is 0 Å². The Kier molecular flexibility index (Phi) is 5.79. The number of rotatable bonds is 5. The fraction of sp³-hybridized carbons (Fsp3) is 0.0588. The third-order valence-corrected chi connectivity index (χ3v) is 2.97. The smallest absolute Gasteiger partial charge is 0.338 e. The van der Waals surface area contributed by atoms with E-state index < -0.39 is 24.4 Å². The Morgan fingerprint density at radius 3 is 2.17 bits per heavy atom. The van der Waals surface area contributed by atoms with Gasteiger partial charge in [0.2, 0.25) is 0 Å². The lowest BCUT2D eigenvalue weighted by Gasteiger charge is -2.08. The van der Waals surface area contributed by atoms with Crippen LogP contribution in [0.1, 0.15) is 31.1 Å². The molecule has 2 amide bonds. The Labute approximate surface area is 137 Å². The van der Waals surface area contributed by atoms with Crippen molar-refractivity contribution in [3.05, 3.63) is 71.3 Å². The summed E-state index contributed by atoms with van der Waals surface area (Å²) >= 11 is 0. The Balaban J connectivity index is 1.77. The number of carbonyl (C=O) groups is 4. The summed E-state index contributed by atoms with van der Waals surface area (Å²) in [4.78, 5) is 45.5. The van der Waals surface area contributed by atoms with Crippen LogP contribution in [0.15, 0.2) is 54.6 Å². The van der Waals surface area contributed by atoms with Gasteiger partial charge < -0.3 is 4.74 Å². The van der Waals surface area contributed by atoms with Gasteiger partial charge in [-0.1, -0.05) is 30.3 Å². The molecule has 0 radical (unpaired) electrons. The van der Waals surface area contributed by atoms with Crippen LogP contribution in [0, 0.1) is 0 Å². The molecule has 2 aromatic carbocycles. The van der Waals surface area contributed by atoms with E-state index in [1.54, 1.807) is 30.3 Å². The zero-order valence-corrected chi connectivity index (χ0v) is 12.5. The zero-order chi connectivity index (χ0) is 17.4. The molecule has 0 bridgehead atoms. The quantitative estimate of drug-likeness (QED) is 0.487. The molecule has 0 saturated carbocycles. The number of nitrogens with one attached hydrogen (secondary N) is 2. The van der Waals surface area contributed by atoms with Crippen molar-refractivity contribution in [3.63, 3.8) is 0 Å². The summed E-state index contributed by atoms with van der Waals surface area (Å²) in [5.41, 5.74) is 5.37. The van der Waals surface area contributed by atoms with Gasteiger partial charge in [-0.3, -0.25) is 25.2 Å². The fourth-order valence-corrected chi connectivity index (χ4v) is 1.74. The molecule has 122 valence electrons. The van der Waals surface area contributed by atoms with Crippen LogP contribution in [0.25, 0.3) is 0 Å². The second-order valence-electron chi connectivity index (χ2n) is 4.68. The van der Waals surface area contributed by atoms with E-state index in [1.165, 1.54) is 24.3 Å². The number of ether oxygens (including phenoxy) is 1. The van der Waals surface area contributed by atoms with Crippen LogP contribution >= 0.6 is 0 Å². The van der Waals surface area contributed by atoms with Gasteiger partial charge in [-0.2, -0.15) is 0 Å². The summed E-state index contributed by atoms with van der Waals surface area (Å²) in [7, 11) is 0. The number of esters is 1. The van der Waals surface area contributed by atoms with Gasteiger partial charge in [0.05, 0.1) is 5.56 Å². The molecule has 0 heterocycles. The molecule has 0 aliphatic carbocycles. The SMILES string of the molecule is O=Cc1ccc(C(=O)OCC(=O)NNC(=O)c2ccccc2)cc1. The first-order valence-corrected chi connectivity index (χ1v) is 6.97. The molecule has 24 heavy (non-hydrogen) atoms. The van der Waals surface area contributed by atoms with Gasteiger partial charge in [0.1, 0.15) is 6.29 Å². The highest BCUT2D eigenvalue weighted by atomic mass is 16.5. The third kappa shape index (κ3) is 4.77. The highest BCUT2D eigenvalue weighted by Gasteiger charge is 2.11. The van der Waals surface area contributed by atoms with Crippen LogP contribution in [0.4, 0.5) is 0 Å². The van der Waals surface area contributed by atoms with E-state index in [-0.39, 0.29) is 5.56 Å². The number of hydrazine groups is 1. The van der Waals surface area contributed by atoms with E-state index in [0.717, 1.165) is 0 Å². The Hall–Kier alpha value is -3.48. The number of aldehydes is 1. The van der Waals surface area contributed by atoms with Gasteiger partial charge in [-0.15, -0.1) is 0 Å². The number of hydrogen-bond acceptors (Lipinski definition) is 5. The van der Waals surface area contributed by atoms with Crippen molar-refractivity contribution in [2.75, 3.05) is 6.61 Å².